The summed E-state index contributed by atoms with van der Waals surface area (Å²) in [5.41, 5.74) is 3.27. The summed E-state index contributed by atoms with van der Waals surface area (Å²) in [5, 5.41) is 2.94. The maximum absolute atomic E-state index is 11.9. The fourth-order valence-corrected chi connectivity index (χ4v) is 3.14. The van der Waals surface area contributed by atoms with Crippen molar-refractivity contribution in [2.75, 3.05) is 18.2 Å². The molecule has 0 saturated heterocycles. The molecule has 4 heteroatoms. The van der Waals surface area contributed by atoms with Gasteiger partial charge < -0.3 is 10.1 Å². The second kappa shape index (κ2) is 9.26. The SMILES string of the molecule is COc1cccc(CSCCCC(=O)Nc2cccc(C)c2)c1. The summed E-state index contributed by atoms with van der Waals surface area (Å²) >= 11 is 1.84. The van der Waals surface area contributed by atoms with Gasteiger partial charge in [-0.1, -0.05) is 24.3 Å². The van der Waals surface area contributed by atoms with Gasteiger partial charge in [0.2, 0.25) is 5.91 Å². The summed E-state index contributed by atoms with van der Waals surface area (Å²) in [4.78, 5) is 11.9. The number of rotatable bonds is 8. The van der Waals surface area contributed by atoms with Gasteiger partial charge in [0.15, 0.2) is 0 Å². The Morgan fingerprint density at radius 1 is 1.17 bits per heavy atom. The first kappa shape index (κ1) is 17.4. The Bertz CT molecular complexity index is 643. The van der Waals surface area contributed by atoms with Crippen LogP contribution in [0.25, 0.3) is 0 Å². The third kappa shape index (κ3) is 6.37. The molecule has 1 N–H and O–H groups in total. The molecule has 0 heterocycles. The Morgan fingerprint density at radius 2 is 2.00 bits per heavy atom. The average Bonchev–Trinajstić information content (AvgIpc) is 2.55. The number of carbonyl (C=O) groups is 1. The molecule has 2 aromatic rings. The molecule has 0 aliphatic heterocycles. The van der Waals surface area contributed by atoms with Gasteiger partial charge in [0.05, 0.1) is 7.11 Å². The van der Waals surface area contributed by atoms with E-state index in [0.29, 0.717) is 6.42 Å². The normalized spacial score (nSPS) is 10.3. The number of carbonyl (C=O) groups excluding carboxylic acids is 1. The van der Waals surface area contributed by atoms with Crippen LogP contribution >= 0.6 is 11.8 Å². The summed E-state index contributed by atoms with van der Waals surface area (Å²) in [6.45, 7) is 2.02. The van der Waals surface area contributed by atoms with Gasteiger partial charge in [-0.05, 0) is 54.5 Å². The predicted molar refractivity (Wildman–Crippen MR) is 98.2 cm³/mol. The van der Waals surface area contributed by atoms with Crippen molar-refractivity contribution in [3.63, 3.8) is 0 Å². The maximum Gasteiger partial charge on any atom is 0.224 e. The third-order valence-corrected chi connectivity index (χ3v) is 4.51. The molecule has 0 bridgehead atoms. The van der Waals surface area contributed by atoms with Crippen LogP contribution in [0.4, 0.5) is 5.69 Å². The van der Waals surface area contributed by atoms with Crippen LogP contribution in [0.2, 0.25) is 0 Å². The molecule has 0 aromatic heterocycles. The van der Waals surface area contributed by atoms with Gasteiger partial charge in [0.1, 0.15) is 5.75 Å². The molecule has 0 radical (unpaired) electrons. The molecule has 3 nitrogen and oxygen atoms in total. The minimum Gasteiger partial charge on any atom is -0.497 e. The van der Waals surface area contributed by atoms with Crippen molar-refractivity contribution in [1.82, 2.24) is 0 Å². The minimum absolute atomic E-state index is 0.0811. The van der Waals surface area contributed by atoms with Gasteiger partial charge in [-0.15, -0.1) is 0 Å². The molecule has 0 aliphatic carbocycles. The zero-order chi connectivity index (χ0) is 16.5. The molecular formula is C19H23NO2S. The van der Waals surface area contributed by atoms with Crippen LogP contribution in [0.3, 0.4) is 0 Å². The molecule has 0 unspecified atom stereocenters. The molecule has 0 spiro atoms. The number of benzene rings is 2. The molecule has 0 atom stereocenters. The average molecular weight is 329 g/mol. The Morgan fingerprint density at radius 3 is 2.78 bits per heavy atom. The lowest BCUT2D eigenvalue weighted by Crippen LogP contribution is -2.11. The minimum atomic E-state index is 0.0811. The number of hydrogen-bond acceptors (Lipinski definition) is 3. The monoisotopic (exact) mass is 329 g/mol. The van der Waals surface area contributed by atoms with Crippen molar-refractivity contribution in [2.45, 2.75) is 25.5 Å². The predicted octanol–water partition coefficient (Wildman–Crippen LogP) is 4.66. The first-order valence-corrected chi connectivity index (χ1v) is 8.90. The zero-order valence-electron chi connectivity index (χ0n) is 13.7. The number of methoxy groups -OCH3 is 1. The number of aryl methyl sites for hydroxylation is 1. The molecule has 0 fully saturated rings. The van der Waals surface area contributed by atoms with Crippen LogP contribution in [0.15, 0.2) is 48.5 Å². The van der Waals surface area contributed by atoms with Gasteiger partial charge in [-0.2, -0.15) is 11.8 Å². The lowest BCUT2D eigenvalue weighted by atomic mass is 10.2. The van der Waals surface area contributed by atoms with Crippen molar-refractivity contribution in [3.05, 3.63) is 59.7 Å². The Balaban J connectivity index is 1.64. The summed E-state index contributed by atoms with van der Waals surface area (Å²) in [7, 11) is 1.68. The zero-order valence-corrected chi connectivity index (χ0v) is 14.5. The molecular weight excluding hydrogens is 306 g/mol. The number of nitrogens with one attached hydrogen (secondary N) is 1. The smallest absolute Gasteiger partial charge is 0.224 e. The first-order chi connectivity index (χ1) is 11.2. The molecule has 0 saturated carbocycles. The van der Waals surface area contributed by atoms with E-state index in [1.54, 1.807) is 7.11 Å². The van der Waals surface area contributed by atoms with Crippen molar-refractivity contribution >= 4 is 23.4 Å². The van der Waals surface area contributed by atoms with Gasteiger partial charge in [-0.25, -0.2) is 0 Å². The van der Waals surface area contributed by atoms with E-state index in [1.165, 1.54) is 5.56 Å². The molecule has 1 amide bonds. The number of amides is 1. The second-order valence-electron chi connectivity index (χ2n) is 5.43. The van der Waals surface area contributed by atoms with Gasteiger partial charge >= 0.3 is 0 Å². The fraction of sp³-hybridized carbons (Fsp3) is 0.316. The number of hydrogen-bond donors (Lipinski definition) is 1. The first-order valence-electron chi connectivity index (χ1n) is 7.74. The highest BCUT2D eigenvalue weighted by Gasteiger charge is 2.03. The quantitative estimate of drug-likeness (QED) is 0.716. The lowest BCUT2D eigenvalue weighted by molar-refractivity contribution is -0.116. The Labute approximate surface area is 142 Å². The second-order valence-corrected chi connectivity index (χ2v) is 6.53. The number of ether oxygens (including phenoxy) is 1. The van der Waals surface area contributed by atoms with Gasteiger partial charge in [0, 0.05) is 17.9 Å². The van der Waals surface area contributed by atoms with Crippen LogP contribution in [0.1, 0.15) is 24.0 Å². The van der Waals surface area contributed by atoms with E-state index in [4.69, 9.17) is 4.74 Å². The van der Waals surface area contributed by atoms with Crippen molar-refractivity contribution in [3.8, 4) is 5.75 Å². The van der Waals surface area contributed by atoms with Crippen LogP contribution in [0, 0.1) is 6.92 Å². The van der Waals surface area contributed by atoms with Crippen LogP contribution < -0.4 is 10.1 Å². The fourth-order valence-electron chi connectivity index (χ4n) is 2.23. The topological polar surface area (TPSA) is 38.3 Å². The van der Waals surface area contributed by atoms with Crippen LogP contribution in [0.5, 0.6) is 5.75 Å². The van der Waals surface area contributed by atoms with Crippen LogP contribution in [-0.4, -0.2) is 18.8 Å². The Kier molecular flexibility index (Phi) is 7.01. The van der Waals surface area contributed by atoms with E-state index >= 15 is 0 Å². The highest BCUT2D eigenvalue weighted by molar-refractivity contribution is 7.98. The summed E-state index contributed by atoms with van der Waals surface area (Å²) in [6, 6.07) is 16.0. The number of thioether (sulfide) groups is 1. The molecule has 0 aliphatic rings. The third-order valence-electron chi connectivity index (χ3n) is 3.40. The van der Waals surface area contributed by atoms with E-state index in [2.05, 4.69) is 17.4 Å². The van der Waals surface area contributed by atoms with Gasteiger partial charge in [0.25, 0.3) is 0 Å². The number of anilines is 1. The van der Waals surface area contributed by atoms with E-state index < -0.39 is 0 Å². The summed E-state index contributed by atoms with van der Waals surface area (Å²) in [6.07, 6.45) is 1.44. The van der Waals surface area contributed by atoms with Crippen molar-refractivity contribution < 1.29 is 9.53 Å². The van der Waals surface area contributed by atoms with Crippen molar-refractivity contribution in [2.24, 2.45) is 0 Å². The highest BCUT2D eigenvalue weighted by atomic mass is 32.2. The van der Waals surface area contributed by atoms with E-state index in [0.717, 1.165) is 34.9 Å². The standard InChI is InChI=1S/C19H23NO2S/c1-15-6-3-8-17(12-15)20-19(21)10-5-11-23-14-16-7-4-9-18(13-16)22-2/h3-4,6-9,12-13H,5,10-11,14H2,1-2H3,(H,20,21). The largest absolute Gasteiger partial charge is 0.497 e. The molecule has 23 heavy (non-hydrogen) atoms. The highest BCUT2D eigenvalue weighted by Crippen LogP contribution is 2.19. The molecule has 2 rings (SSSR count). The van der Waals surface area contributed by atoms with E-state index in [1.807, 2.05) is 55.1 Å². The molecule has 122 valence electrons. The van der Waals surface area contributed by atoms with Gasteiger partial charge in [-0.3, -0.25) is 4.79 Å². The lowest BCUT2D eigenvalue weighted by Gasteiger charge is -2.06. The maximum atomic E-state index is 11.9. The van der Waals surface area contributed by atoms with E-state index in [9.17, 15) is 4.79 Å². The Hall–Kier alpha value is -1.94. The van der Waals surface area contributed by atoms with Crippen molar-refractivity contribution in [1.29, 1.82) is 0 Å². The van der Waals surface area contributed by atoms with Crippen LogP contribution in [-0.2, 0) is 10.5 Å². The summed E-state index contributed by atoms with van der Waals surface area (Å²) < 4.78 is 5.22. The van der Waals surface area contributed by atoms with E-state index in [-0.39, 0.29) is 5.91 Å². The molecule has 2 aromatic carbocycles. The summed E-state index contributed by atoms with van der Waals surface area (Å²) in [5.74, 6) is 2.88.